The Kier molecular flexibility index (Phi) is 5.58. The molecule has 0 aliphatic carbocycles. The van der Waals surface area contributed by atoms with Crippen molar-refractivity contribution in [3.63, 3.8) is 0 Å². The summed E-state index contributed by atoms with van der Waals surface area (Å²) in [7, 11) is 4.09. The fourth-order valence-corrected chi connectivity index (χ4v) is 3.76. The van der Waals surface area contributed by atoms with Gasteiger partial charge in [-0.25, -0.2) is 4.98 Å². The lowest BCUT2D eigenvalue weighted by atomic mass is 10.1. The van der Waals surface area contributed by atoms with Crippen LogP contribution in [-0.4, -0.2) is 47.3 Å². The van der Waals surface area contributed by atoms with Crippen LogP contribution in [0.1, 0.15) is 29.3 Å². The van der Waals surface area contributed by atoms with Gasteiger partial charge in [0.05, 0.1) is 11.4 Å². The third-order valence-electron chi connectivity index (χ3n) is 5.16. The number of nitrogens with one attached hydrogen (secondary N) is 1. The molecule has 1 saturated heterocycles. The van der Waals surface area contributed by atoms with E-state index in [1.54, 1.807) is 0 Å². The van der Waals surface area contributed by atoms with Crippen LogP contribution in [0.25, 0.3) is 0 Å². The SMILES string of the molecule is CN(C)c1ncccc1CN1CCC(c2cc(COc3ccccc3)[nH]n2)C1. The second-order valence-corrected chi connectivity index (χ2v) is 7.52. The first-order valence-electron chi connectivity index (χ1n) is 9.74. The highest BCUT2D eigenvalue weighted by molar-refractivity contribution is 5.45. The van der Waals surface area contributed by atoms with Crippen molar-refractivity contribution in [2.45, 2.75) is 25.5 Å². The van der Waals surface area contributed by atoms with Gasteiger partial charge in [-0.1, -0.05) is 24.3 Å². The Morgan fingerprint density at radius 1 is 1.18 bits per heavy atom. The van der Waals surface area contributed by atoms with E-state index < -0.39 is 0 Å². The summed E-state index contributed by atoms with van der Waals surface area (Å²) in [6.45, 7) is 3.53. The van der Waals surface area contributed by atoms with Gasteiger partial charge in [-0.15, -0.1) is 0 Å². The molecular formula is C22H27N5O. The van der Waals surface area contributed by atoms with Gasteiger partial charge < -0.3 is 9.64 Å². The normalized spacial score (nSPS) is 17.0. The molecule has 28 heavy (non-hydrogen) atoms. The molecule has 146 valence electrons. The zero-order valence-electron chi connectivity index (χ0n) is 16.5. The lowest BCUT2D eigenvalue weighted by Gasteiger charge is -2.20. The number of H-pyrrole nitrogens is 1. The number of rotatable bonds is 7. The molecule has 0 saturated carbocycles. The quantitative estimate of drug-likeness (QED) is 0.684. The number of anilines is 1. The first-order valence-corrected chi connectivity index (χ1v) is 9.74. The molecule has 1 aliphatic heterocycles. The largest absolute Gasteiger partial charge is 0.487 e. The van der Waals surface area contributed by atoms with E-state index in [1.807, 2.05) is 56.7 Å². The van der Waals surface area contributed by atoms with Crippen molar-refractivity contribution in [1.82, 2.24) is 20.1 Å². The molecule has 6 nitrogen and oxygen atoms in total. The minimum Gasteiger partial charge on any atom is -0.487 e. The molecule has 0 spiro atoms. The summed E-state index contributed by atoms with van der Waals surface area (Å²) >= 11 is 0. The molecular weight excluding hydrogens is 350 g/mol. The third kappa shape index (κ3) is 4.34. The summed E-state index contributed by atoms with van der Waals surface area (Å²) in [6, 6.07) is 16.2. The van der Waals surface area contributed by atoms with Crippen LogP contribution in [0.3, 0.4) is 0 Å². The summed E-state index contributed by atoms with van der Waals surface area (Å²) in [5.41, 5.74) is 3.42. The number of likely N-dealkylation sites (tertiary alicyclic amines) is 1. The van der Waals surface area contributed by atoms with Gasteiger partial charge in [0.2, 0.25) is 0 Å². The van der Waals surface area contributed by atoms with Crippen LogP contribution in [0.2, 0.25) is 0 Å². The van der Waals surface area contributed by atoms with Gasteiger partial charge in [-0.05, 0) is 37.2 Å². The van der Waals surface area contributed by atoms with Gasteiger partial charge in [-0.2, -0.15) is 5.10 Å². The van der Waals surface area contributed by atoms with E-state index in [1.165, 1.54) is 5.56 Å². The first-order chi connectivity index (χ1) is 13.7. The summed E-state index contributed by atoms with van der Waals surface area (Å²) in [4.78, 5) is 9.08. The van der Waals surface area contributed by atoms with Crippen LogP contribution < -0.4 is 9.64 Å². The summed E-state index contributed by atoms with van der Waals surface area (Å²) in [6.07, 6.45) is 2.98. The highest BCUT2D eigenvalue weighted by Gasteiger charge is 2.26. The van der Waals surface area contributed by atoms with Gasteiger partial charge in [0.15, 0.2) is 0 Å². The van der Waals surface area contributed by atoms with Gasteiger partial charge in [0, 0.05) is 44.9 Å². The van der Waals surface area contributed by atoms with Crippen LogP contribution >= 0.6 is 0 Å². The molecule has 1 fully saturated rings. The van der Waals surface area contributed by atoms with E-state index in [0.717, 1.165) is 49.0 Å². The number of pyridine rings is 1. The number of ether oxygens (including phenoxy) is 1. The number of nitrogens with zero attached hydrogens (tertiary/aromatic N) is 4. The number of aromatic amines is 1. The maximum absolute atomic E-state index is 5.81. The zero-order valence-corrected chi connectivity index (χ0v) is 16.5. The van der Waals surface area contributed by atoms with E-state index in [-0.39, 0.29) is 0 Å². The summed E-state index contributed by atoms with van der Waals surface area (Å²) in [5.74, 6) is 2.38. The Labute approximate surface area is 166 Å². The first kappa shape index (κ1) is 18.5. The van der Waals surface area contributed by atoms with Gasteiger partial charge in [-0.3, -0.25) is 10.00 Å². The van der Waals surface area contributed by atoms with Gasteiger partial charge in [0.25, 0.3) is 0 Å². The highest BCUT2D eigenvalue weighted by Crippen LogP contribution is 2.28. The number of para-hydroxylation sites is 1. The fourth-order valence-electron chi connectivity index (χ4n) is 3.76. The van der Waals surface area contributed by atoms with Gasteiger partial charge in [0.1, 0.15) is 18.2 Å². The number of hydrogen-bond donors (Lipinski definition) is 1. The van der Waals surface area contributed by atoms with Crippen LogP contribution in [0, 0.1) is 0 Å². The van der Waals surface area contributed by atoms with E-state index in [2.05, 4.69) is 37.1 Å². The van der Waals surface area contributed by atoms with Crippen molar-refractivity contribution in [3.8, 4) is 5.75 Å². The maximum atomic E-state index is 5.81. The molecule has 3 aromatic rings. The lowest BCUT2D eigenvalue weighted by Crippen LogP contribution is -2.22. The predicted octanol–water partition coefficient (Wildman–Crippen LogP) is 3.44. The minimum atomic E-state index is 0.459. The molecule has 6 heteroatoms. The Morgan fingerprint density at radius 3 is 2.86 bits per heavy atom. The summed E-state index contributed by atoms with van der Waals surface area (Å²) < 4.78 is 5.81. The Balaban J connectivity index is 1.34. The van der Waals surface area contributed by atoms with Crippen LogP contribution in [0.4, 0.5) is 5.82 Å². The molecule has 0 radical (unpaired) electrons. The van der Waals surface area contributed by atoms with Gasteiger partial charge >= 0.3 is 0 Å². The number of benzene rings is 1. The van der Waals surface area contributed by atoms with Crippen molar-refractivity contribution in [1.29, 1.82) is 0 Å². The van der Waals surface area contributed by atoms with E-state index >= 15 is 0 Å². The maximum Gasteiger partial charge on any atom is 0.132 e. The molecule has 1 N–H and O–H groups in total. The third-order valence-corrected chi connectivity index (χ3v) is 5.16. The monoisotopic (exact) mass is 377 g/mol. The smallest absolute Gasteiger partial charge is 0.132 e. The zero-order chi connectivity index (χ0) is 19.3. The van der Waals surface area contributed by atoms with E-state index in [9.17, 15) is 0 Å². The minimum absolute atomic E-state index is 0.459. The standard InChI is InChI=1S/C22H27N5O/c1-26(2)22-18(7-6-11-23-22)15-27-12-10-17(14-27)21-13-19(24-25-21)16-28-20-8-4-3-5-9-20/h3-9,11,13,17H,10,12,14-16H2,1-2H3,(H,24,25). The van der Waals surface area contributed by atoms with E-state index in [0.29, 0.717) is 12.5 Å². The van der Waals surface area contributed by atoms with Crippen molar-refractivity contribution < 1.29 is 4.74 Å². The average Bonchev–Trinajstić information content (AvgIpc) is 3.37. The number of hydrogen-bond acceptors (Lipinski definition) is 5. The molecule has 4 rings (SSSR count). The molecule has 2 aromatic heterocycles. The molecule has 1 atom stereocenters. The average molecular weight is 377 g/mol. The van der Waals surface area contributed by atoms with Crippen LogP contribution in [0.5, 0.6) is 5.75 Å². The topological polar surface area (TPSA) is 57.3 Å². The van der Waals surface area contributed by atoms with Crippen LogP contribution in [-0.2, 0) is 13.2 Å². The molecule has 1 aromatic carbocycles. The van der Waals surface area contributed by atoms with Crippen molar-refractivity contribution in [3.05, 3.63) is 71.7 Å². The molecule has 3 heterocycles. The number of aromatic nitrogens is 3. The lowest BCUT2D eigenvalue weighted by molar-refractivity contribution is 0.301. The highest BCUT2D eigenvalue weighted by atomic mass is 16.5. The Bertz CT molecular complexity index is 893. The van der Waals surface area contributed by atoms with Crippen molar-refractivity contribution in [2.75, 3.05) is 32.1 Å². The summed E-state index contributed by atoms with van der Waals surface area (Å²) in [5, 5.41) is 7.68. The second kappa shape index (κ2) is 8.44. The second-order valence-electron chi connectivity index (χ2n) is 7.52. The van der Waals surface area contributed by atoms with Crippen LogP contribution in [0.15, 0.2) is 54.7 Å². The Hall–Kier alpha value is -2.86. The molecule has 1 unspecified atom stereocenters. The van der Waals surface area contributed by atoms with Crippen molar-refractivity contribution >= 4 is 5.82 Å². The van der Waals surface area contributed by atoms with Crippen molar-refractivity contribution in [2.24, 2.45) is 0 Å². The van der Waals surface area contributed by atoms with E-state index in [4.69, 9.17) is 4.74 Å². The fraction of sp³-hybridized carbons (Fsp3) is 0.364. The Morgan fingerprint density at radius 2 is 2.04 bits per heavy atom. The molecule has 1 aliphatic rings. The predicted molar refractivity (Wildman–Crippen MR) is 111 cm³/mol. The molecule has 0 bridgehead atoms. The molecule has 0 amide bonds.